The summed E-state index contributed by atoms with van der Waals surface area (Å²) in [7, 11) is 1.49. The van der Waals surface area contributed by atoms with Crippen LogP contribution in [-0.2, 0) is 21.6 Å². The lowest BCUT2D eigenvalue weighted by molar-refractivity contribution is -0.242. The van der Waals surface area contributed by atoms with Gasteiger partial charge >= 0.3 is 11.9 Å². The third-order valence-corrected chi connectivity index (χ3v) is 4.02. The second-order valence-electron chi connectivity index (χ2n) is 7.11. The number of carbonyl (C=O) groups excluding carboxylic acids is 2. The lowest BCUT2D eigenvalue weighted by Gasteiger charge is -2.14. The van der Waals surface area contributed by atoms with Crippen LogP contribution < -0.4 is 4.74 Å². The SMILES string of the molecule is Cn1nnc(Oc2ccc3cc(Cl)ccc3c2)c1C(=O)OOC(=O)C(C)(C)C. The third kappa shape index (κ3) is 4.23. The lowest BCUT2D eigenvalue weighted by Crippen LogP contribution is -2.25. The van der Waals surface area contributed by atoms with Crippen molar-refractivity contribution in [3.05, 3.63) is 47.1 Å². The molecule has 2 aromatic carbocycles. The molecule has 0 fully saturated rings. The van der Waals surface area contributed by atoms with Crippen LogP contribution in [0, 0.1) is 5.41 Å². The van der Waals surface area contributed by atoms with Crippen LogP contribution in [0.5, 0.6) is 11.6 Å². The van der Waals surface area contributed by atoms with Gasteiger partial charge in [-0.3, -0.25) is 0 Å². The fourth-order valence-electron chi connectivity index (χ4n) is 2.24. The molecule has 146 valence electrons. The number of rotatable bonds is 3. The number of halogens is 1. The minimum atomic E-state index is -0.951. The zero-order valence-corrected chi connectivity index (χ0v) is 16.5. The van der Waals surface area contributed by atoms with Crippen LogP contribution >= 0.6 is 11.6 Å². The fraction of sp³-hybridized carbons (Fsp3) is 0.263. The Morgan fingerprint density at radius 3 is 2.43 bits per heavy atom. The van der Waals surface area contributed by atoms with Crippen molar-refractivity contribution in [1.82, 2.24) is 15.0 Å². The smallest absolute Gasteiger partial charge is 0.409 e. The minimum Gasteiger partial charge on any atom is -0.436 e. The number of hydrogen-bond acceptors (Lipinski definition) is 7. The summed E-state index contributed by atoms with van der Waals surface area (Å²) in [4.78, 5) is 33.3. The molecule has 0 amide bonds. The molecule has 9 heteroatoms. The number of aryl methyl sites for hydroxylation is 1. The first kappa shape index (κ1) is 19.6. The van der Waals surface area contributed by atoms with E-state index in [0.29, 0.717) is 10.8 Å². The van der Waals surface area contributed by atoms with Crippen molar-refractivity contribution in [1.29, 1.82) is 0 Å². The van der Waals surface area contributed by atoms with Gasteiger partial charge in [-0.15, -0.1) is 0 Å². The van der Waals surface area contributed by atoms with Gasteiger partial charge < -0.3 is 4.74 Å². The number of fused-ring (bicyclic) bond motifs is 1. The minimum absolute atomic E-state index is 0.0763. The van der Waals surface area contributed by atoms with Gasteiger partial charge in [0.2, 0.25) is 5.69 Å². The van der Waals surface area contributed by atoms with E-state index in [1.807, 2.05) is 18.2 Å². The van der Waals surface area contributed by atoms with Crippen molar-refractivity contribution in [3.8, 4) is 11.6 Å². The molecule has 1 aromatic heterocycles. The Labute approximate surface area is 165 Å². The highest BCUT2D eigenvalue weighted by Gasteiger charge is 2.29. The molecule has 0 unspecified atom stereocenters. The maximum atomic E-state index is 12.3. The van der Waals surface area contributed by atoms with Gasteiger partial charge in [-0.1, -0.05) is 34.0 Å². The number of hydrogen-bond donors (Lipinski definition) is 0. The number of benzene rings is 2. The predicted octanol–water partition coefficient (Wildman–Crippen LogP) is 4.08. The highest BCUT2D eigenvalue weighted by atomic mass is 35.5. The Morgan fingerprint density at radius 2 is 1.71 bits per heavy atom. The number of ether oxygens (including phenoxy) is 1. The van der Waals surface area contributed by atoms with Gasteiger partial charge in [0.15, 0.2) is 0 Å². The van der Waals surface area contributed by atoms with Crippen molar-refractivity contribution in [2.24, 2.45) is 12.5 Å². The molecule has 3 rings (SSSR count). The topological polar surface area (TPSA) is 92.5 Å². The molecule has 0 N–H and O–H groups in total. The van der Waals surface area contributed by atoms with Crippen molar-refractivity contribution >= 4 is 34.3 Å². The van der Waals surface area contributed by atoms with Gasteiger partial charge in [-0.05, 0) is 55.8 Å². The molecule has 0 aliphatic heterocycles. The summed E-state index contributed by atoms with van der Waals surface area (Å²) in [5, 5.41) is 10.1. The van der Waals surface area contributed by atoms with E-state index in [-0.39, 0.29) is 11.6 Å². The van der Waals surface area contributed by atoms with E-state index in [2.05, 4.69) is 20.1 Å². The van der Waals surface area contributed by atoms with Crippen LogP contribution in [-0.4, -0.2) is 26.9 Å². The average molecular weight is 404 g/mol. The number of nitrogens with zero attached hydrogens (tertiary/aromatic N) is 3. The normalized spacial score (nSPS) is 11.3. The van der Waals surface area contributed by atoms with Gasteiger partial charge in [-0.25, -0.2) is 24.0 Å². The van der Waals surface area contributed by atoms with Gasteiger partial charge in [0.05, 0.1) is 5.41 Å². The van der Waals surface area contributed by atoms with E-state index in [1.54, 1.807) is 39.0 Å². The van der Waals surface area contributed by atoms with Crippen LogP contribution in [0.4, 0.5) is 0 Å². The molecular formula is C19H18ClN3O5. The Kier molecular flexibility index (Phi) is 5.24. The van der Waals surface area contributed by atoms with E-state index in [1.165, 1.54) is 11.7 Å². The molecular weight excluding hydrogens is 386 g/mol. The Balaban J connectivity index is 1.80. The summed E-state index contributed by atoms with van der Waals surface area (Å²) in [6.07, 6.45) is 0. The first-order valence-electron chi connectivity index (χ1n) is 8.35. The van der Waals surface area contributed by atoms with E-state index < -0.39 is 17.4 Å². The largest absolute Gasteiger partial charge is 0.436 e. The standard InChI is InChI=1S/C19H18ClN3O5/c1-19(2,3)18(25)28-27-17(24)15-16(21-22-23(15)4)26-14-8-6-11-9-13(20)7-5-12(11)10-14/h5-10H,1-4H3. The van der Waals surface area contributed by atoms with Crippen LogP contribution in [0.3, 0.4) is 0 Å². The number of aromatic nitrogens is 3. The van der Waals surface area contributed by atoms with Crippen molar-refractivity contribution in [2.45, 2.75) is 20.8 Å². The van der Waals surface area contributed by atoms with Crippen molar-refractivity contribution in [2.75, 3.05) is 0 Å². The van der Waals surface area contributed by atoms with E-state index in [9.17, 15) is 9.59 Å². The molecule has 0 spiro atoms. The Bertz CT molecular complexity index is 1060. The highest BCUT2D eigenvalue weighted by molar-refractivity contribution is 6.31. The molecule has 8 nitrogen and oxygen atoms in total. The fourth-order valence-corrected chi connectivity index (χ4v) is 2.42. The van der Waals surface area contributed by atoms with Gasteiger partial charge in [0.1, 0.15) is 5.75 Å². The second-order valence-corrected chi connectivity index (χ2v) is 7.55. The van der Waals surface area contributed by atoms with Crippen LogP contribution in [0.1, 0.15) is 31.3 Å². The first-order valence-corrected chi connectivity index (χ1v) is 8.73. The molecule has 0 bridgehead atoms. The molecule has 1 heterocycles. The number of carbonyl (C=O) groups is 2. The molecule has 28 heavy (non-hydrogen) atoms. The van der Waals surface area contributed by atoms with Gasteiger partial charge in [-0.2, -0.15) is 0 Å². The van der Waals surface area contributed by atoms with E-state index in [4.69, 9.17) is 16.3 Å². The zero-order valence-electron chi connectivity index (χ0n) is 15.7. The van der Waals surface area contributed by atoms with Crippen LogP contribution in [0.15, 0.2) is 36.4 Å². The predicted molar refractivity (Wildman–Crippen MR) is 101 cm³/mol. The summed E-state index contributed by atoms with van der Waals surface area (Å²) < 4.78 is 6.87. The third-order valence-electron chi connectivity index (χ3n) is 3.78. The van der Waals surface area contributed by atoms with Crippen LogP contribution in [0.25, 0.3) is 10.8 Å². The molecule has 3 aromatic rings. The van der Waals surface area contributed by atoms with Crippen molar-refractivity contribution in [3.63, 3.8) is 0 Å². The van der Waals surface area contributed by atoms with E-state index in [0.717, 1.165) is 10.8 Å². The molecule has 0 aliphatic carbocycles. The quantitative estimate of drug-likeness (QED) is 0.480. The summed E-state index contributed by atoms with van der Waals surface area (Å²) in [5.74, 6) is -1.28. The van der Waals surface area contributed by atoms with Gasteiger partial charge in [0, 0.05) is 12.1 Å². The van der Waals surface area contributed by atoms with E-state index >= 15 is 0 Å². The summed E-state index contributed by atoms with van der Waals surface area (Å²) >= 11 is 5.99. The highest BCUT2D eigenvalue weighted by Crippen LogP contribution is 2.28. The van der Waals surface area contributed by atoms with Gasteiger partial charge in [0.25, 0.3) is 5.88 Å². The zero-order chi connectivity index (χ0) is 20.5. The molecule has 0 saturated heterocycles. The Hall–Kier alpha value is -3.13. The first-order chi connectivity index (χ1) is 13.1. The average Bonchev–Trinajstić information content (AvgIpc) is 2.99. The van der Waals surface area contributed by atoms with Crippen molar-refractivity contribution < 1.29 is 24.1 Å². The molecule has 0 atom stereocenters. The second kappa shape index (κ2) is 7.47. The molecule has 0 saturated carbocycles. The summed E-state index contributed by atoms with van der Waals surface area (Å²) in [6, 6.07) is 10.8. The van der Waals surface area contributed by atoms with Crippen LogP contribution in [0.2, 0.25) is 5.02 Å². The maximum Gasteiger partial charge on any atom is 0.409 e. The maximum absolute atomic E-state index is 12.3. The Morgan fingerprint density at radius 1 is 1.04 bits per heavy atom. The summed E-state index contributed by atoms with van der Waals surface area (Å²) in [5.41, 5.74) is -0.920. The summed E-state index contributed by atoms with van der Waals surface area (Å²) in [6.45, 7) is 4.91. The molecule has 0 radical (unpaired) electrons. The molecule has 0 aliphatic rings. The monoisotopic (exact) mass is 403 g/mol. The lowest BCUT2D eigenvalue weighted by atomic mass is 9.98.